The van der Waals surface area contributed by atoms with Crippen LogP contribution >= 0.6 is 0 Å². The summed E-state index contributed by atoms with van der Waals surface area (Å²) in [7, 11) is 0. The van der Waals surface area contributed by atoms with E-state index in [2.05, 4.69) is 10.6 Å². The van der Waals surface area contributed by atoms with Gasteiger partial charge in [0.2, 0.25) is 5.91 Å². The zero-order chi connectivity index (χ0) is 14.3. The quantitative estimate of drug-likeness (QED) is 0.596. The minimum absolute atomic E-state index is 0.0193. The molecule has 0 aliphatic carbocycles. The van der Waals surface area contributed by atoms with Crippen molar-refractivity contribution in [3.05, 3.63) is 0 Å². The number of carboxylic acid groups (broad SMARTS) is 1. The van der Waals surface area contributed by atoms with Crippen LogP contribution in [-0.4, -0.2) is 65.3 Å². The number of aliphatic carboxylic acids is 1. The average Bonchev–Trinajstić information content (AvgIpc) is 3.00. The number of nitrogens with zero attached hydrogens (tertiary/aromatic N) is 1. The number of carbonyl (C=O) groups excluding carboxylic acids is 2. The lowest BCUT2D eigenvalue weighted by Gasteiger charge is -2.34. The molecule has 8 heteroatoms. The number of amides is 3. The fourth-order valence-electron chi connectivity index (χ4n) is 3.11. The third kappa shape index (κ3) is 2.31. The van der Waals surface area contributed by atoms with E-state index in [1.807, 2.05) is 0 Å². The topological polar surface area (TPSA) is 108 Å². The SMILES string of the molecule is O=C1CN(C(=O)NC2CC3CCC2O3)C(C(=O)O)CN1. The van der Waals surface area contributed by atoms with Crippen molar-refractivity contribution in [1.82, 2.24) is 15.5 Å². The molecule has 3 aliphatic heterocycles. The second-order valence-corrected chi connectivity index (χ2v) is 5.45. The van der Waals surface area contributed by atoms with Crippen molar-refractivity contribution in [2.24, 2.45) is 0 Å². The summed E-state index contributed by atoms with van der Waals surface area (Å²) < 4.78 is 5.64. The highest BCUT2D eigenvalue weighted by atomic mass is 16.5. The minimum atomic E-state index is -1.12. The molecule has 0 spiro atoms. The van der Waals surface area contributed by atoms with Crippen molar-refractivity contribution in [3.63, 3.8) is 0 Å². The van der Waals surface area contributed by atoms with E-state index in [-0.39, 0.29) is 37.2 Å². The Morgan fingerprint density at radius 2 is 2.20 bits per heavy atom. The summed E-state index contributed by atoms with van der Waals surface area (Å²) in [4.78, 5) is 35.8. The third-order valence-electron chi connectivity index (χ3n) is 4.14. The van der Waals surface area contributed by atoms with Gasteiger partial charge in [-0.2, -0.15) is 0 Å². The maximum absolute atomic E-state index is 12.2. The van der Waals surface area contributed by atoms with Crippen LogP contribution in [0.4, 0.5) is 4.79 Å². The summed E-state index contributed by atoms with van der Waals surface area (Å²) in [6.07, 6.45) is 2.91. The van der Waals surface area contributed by atoms with Gasteiger partial charge in [0.15, 0.2) is 0 Å². The van der Waals surface area contributed by atoms with E-state index >= 15 is 0 Å². The first-order valence-corrected chi connectivity index (χ1v) is 6.76. The summed E-state index contributed by atoms with van der Waals surface area (Å²) in [5, 5.41) is 14.4. The van der Waals surface area contributed by atoms with Crippen LogP contribution in [0, 0.1) is 0 Å². The van der Waals surface area contributed by atoms with Gasteiger partial charge in [-0.1, -0.05) is 0 Å². The molecule has 3 fully saturated rings. The lowest BCUT2D eigenvalue weighted by Crippen LogP contribution is -2.62. The molecule has 3 saturated heterocycles. The number of fused-ring (bicyclic) bond motifs is 2. The van der Waals surface area contributed by atoms with Gasteiger partial charge in [-0.15, -0.1) is 0 Å². The van der Waals surface area contributed by atoms with Gasteiger partial charge in [0.1, 0.15) is 12.6 Å². The molecule has 3 amide bonds. The minimum Gasteiger partial charge on any atom is -0.480 e. The lowest BCUT2D eigenvalue weighted by molar-refractivity contribution is -0.144. The molecule has 4 atom stereocenters. The van der Waals surface area contributed by atoms with Crippen LogP contribution < -0.4 is 10.6 Å². The van der Waals surface area contributed by atoms with Crippen LogP contribution in [-0.2, 0) is 14.3 Å². The Labute approximate surface area is 115 Å². The standard InChI is InChI=1S/C12H17N3O5/c16-10-5-15(8(4-13-10)11(17)18)12(19)14-7-3-6-1-2-9(7)20-6/h6-9H,1-5H2,(H,13,16)(H,14,19)(H,17,18). The van der Waals surface area contributed by atoms with Gasteiger partial charge < -0.3 is 20.5 Å². The Morgan fingerprint density at radius 3 is 2.80 bits per heavy atom. The van der Waals surface area contributed by atoms with Crippen molar-refractivity contribution in [2.75, 3.05) is 13.1 Å². The molecular weight excluding hydrogens is 266 g/mol. The molecule has 3 N–H and O–H groups in total. The van der Waals surface area contributed by atoms with Crippen LogP contribution in [0.3, 0.4) is 0 Å². The first kappa shape index (κ1) is 13.2. The van der Waals surface area contributed by atoms with E-state index < -0.39 is 18.0 Å². The molecular formula is C12H17N3O5. The number of rotatable bonds is 2. The maximum atomic E-state index is 12.2. The molecule has 4 unspecified atom stereocenters. The number of piperazine rings is 1. The van der Waals surface area contributed by atoms with Gasteiger partial charge in [0.25, 0.3) is 0 Å². The lowest BCUT2D eigenvalue weighted by atomic mass is 9.95. The molecule has 0 aromatic carbocycles. The highest BCUT2D eigenvalue weighted by Crippen LogP contribution is 2.34. The van der Waals surface area contributed by atoms with Crippen LogP contribution in [0.1, 0.15) is 19.3 Å². The number of nitrogens with one attached hydrogen (secondary N) is 2. The van der Waals surface area contributed by atoms with Crippen molar-refractivity contribution < 1.29 is 24.2 Å². The van der Waals surface area contributed by atoms with Gasteiger partial charge in [0, 0.05) is 6.54 Å². The second-order valence-electron chi connectivity index (χ2n) is 5.45. The Bertz CT molecular complexity index is 454. The predicted octanol–water partition coefficient (Wildman–Crippen LogP) is -1.10. The number of urea groups is 1. The maximum Gasteiger partial charge on any atom is 0.328 e. The van der Waals surface area contributed by atoms with Gasteiger partial charge in [0.05, 0.1) is 18.2 Å². The molecule has 3 rings (SSSR count). The molecule has 110 valence electrons. The van der Waals surface area contributed by atoms with Crippen molar-refractivity contribution >= 4 is 17.9 Å². The summed E-state index contributed by atoms with van der Waals surface area (Å²) in [5.74, 6) is -1.47. The fourth-order valence-corrected chi connectivity index (χ4v) is 3.11. The predicted molar refractivity (Wildman–Crippen MR) is 66.0 cm³/mol. The Hall–Kier alpha value is -1.83. The first-order valence-electron chi connectivity index (χ1n) is 6.76. The summed E-state index contributed by atoms with van der Waals surface area (Å²) in [6.45, 7) is -0.292. The molecule has 0 aromatic rings. The smallest absolute Gasteiger partial charge is 0.328 e. The molecule has 0 radical (unpaired) electrons. The summed E-state index contributed by atoms with van der Waals surface area (Å²) >= 11 is 0. The molecule has 20 heavy (non-hydrogen) atoms. The van der Waals surface area contributed by atoms with Crippen LogP contribution in [0.2, 0.25) is 0 Å². The van der Waals surface area contributed by atoms with E-state index in [0.717, 1.165) is 24.2 Å². The largest absolute Gasteiger partial charge is 0.480 e. The summed E-state index contributed by atoms with van der Waals surface area (Å²) in [6, 6.07) is -1.61. The van der Waals surface area contributed by atoms with Crippen molar-refractivity contribution in [1.29, 1.82) is 0 Å². The molecule has 0 saturated carbocycles. The molecule has 8 nitrogen and oxygen atoms in total. The van der Waals surface area contributed by atoms with Gasteiger partial charge in [-0.05, 0) is 19.3 Å². The number of carboxylic acids is 1. The van der Waals surface area contributed by atoms with E-state index in [1.165, 1.54) is 0 Å². The number of hydrogen-bond donors (Lipinski definition) is 3. The van der Waals surface area contributed by atoms with Gasteiger partial charge in [-0.25, -0.2) is 9.59 Å². The van der Waals surface area contributed by atoms with Crippen molar-refractivity contribution in [2.45, 2.75) is 43.6 Å². The number of hydrogen-bond acceptors (Lipinski definition) is 4. The Kier molecular flexibility index (Phi) is 3.25. The van der Waals surface area contributed by atoms with E-state index in [0.29, 0.717) is 0 Å². The highest BCUT2D eigenvalue weighted by Gasteiger charge is 2.43. The normalized spacial score (nSPS) is 35.8. The zero-order valence-corrected chi connectivity index (χ0v) is 10.9. The highest BCUT2D eigenvalue weighted by molar-refractivity contribution is 5.90. The Balaban J connectivity index is 1.65. The average molecular weight is 283 g/mol. The fraction of sp³-hybridized carbons (Fsp3) is 0.750. The molecule has 0 aromatic heterocycles. The molecule has 3 aliphatic rings. The monoisotopic (exact) mass is 283 g/mol. The third-order valence-corrected chi connectivity index (χ3v) is 4.14. The molecule has 3 heterocycles. The second kappa shape index (κ2) is 4.93. The first-order chi connectivity index (χ1) is 9.54. The number of carbonyl (C=O) groups is 3. The van der Waals surface area contributed by atoms with Crippen LogP contribution in [0.15, 0.2) is 0 Å². The van der Waals surface area contributed by atoms with Crippen LogP contribution in [0.5, 0.6) is 0 Å². The summed E-state index contributed by atoms with van der Waals surface area (Å²) in [5.41, 5.74) is 0. The van der Waals surface area contributed by atoms with Gasteiger partial charge >= 0.3 is 12.0 Å². The van der Waals surface area contributed by atoms with E-state index in [4.69, 9.17) is 9.84 Å². The zero-order valence-electron chi connectivity index (χ0n) is 10.9. The molecule has 2 bridgehead atoms. The van der Waals surface area contributed by atoms with E-state index in [1.54, 1.807) is 0 Å². The van der Waals surface area contributed by atoms with Crippen molar-refractivity contribution in [3.8, 4) is 0 Å². The van der Waals surface area contributed by atoms with Crippen LogP contribution in [0.25, 0.3) is 0 Å². The van der Waals surface area contributed by atoms with E-state index in [9.17, 15) is 14.4 Å². The van der Waals surface area contributed by atoms with Gasteiger partial charge in [-0.3, -0.25) is 9.69 Å². The number of ether oxygens (including phenoxy) is 1. The Morgan fingerprint density at radius 1 is 1.40 bits per heavy atom.